The number of halogens is 3. The van der Waals surface area contributed by atoms with Crippen LogP contribution in [0.15, 0.2) is 18.2 Å². The van der Waals surface area contributed by atoms with E-state index in [9.17, 15) is 4.39 Å². The first-order valence-corrected chi connectivity index (χ1v) is 8.47. The van der Waals surface area contributed by atoms with Crippen molar-refractivity contribution in [1.82, 2.24) is 0 Å². The molecule has 0 amide bonds. The fraction of sp³-hybridized carbons (Fsp3) is 0.625. The Kier molecular flexibility index (Phi) is 5.70. The molecule has 0 radical (unpaired) electrons. The van der Waals surface area contributed by atoms with Crippen molar-refractivity contribution in [1.29, 1.82) is 0 Å². The van der Waals surface area contributed by atoms with Gasteiger partial charge in [0.1, 0.15) is 5.82 Å². The maximum absolute atomic E-state index is 13.3. The van der Waals surface area contributed by atoms with E-state index < -0.39 is 0 Å². The molecule has 1 aromatic rings. The number of hydrogen-bond acceptors (Lipinski definition) is 0. The van der Waals surface area contributed by atoms with Crippen LogP contribution in [-0.4, -0.2) is 4.83 Å². The van der Waals surface area contributed by atoms with Crippen LogP contribution in [0.1, 0.15) is 44.6 Å². The minimum absolute atomic E-state index is 0.188. The molecule has 0 spiro atoms. The second-order valence-corrected chi connectivity index (χ2v) is 7.27. The highest BCUT2D eigenvalue weighted by Crippen LogP contribution is 2.38. The van der Waals surface area contributed by atoms with Gasteiger partial charge in [-0.05, 0) is 61.3 Å². The highest BCUT2D eigenvalue weighted by atomic mass is 79.9. The SMILES string of the molecule is CCCC1CCC(Br)C(Cc2cc(F)ccc2Cl)C1. The van der Waals surface area contributed by atoms with Crippen molar-refractivity contribution in [3.63, 3.8) is 0 Å². The lowest BCUT2D eigenvalue weighted by Crippen LogP contribution is -2.27. The van der Waals surface area contributed by atoms with Gasteiger partial charge in [-0.15, -0.1) is 0 Å². The topological polar surface area (TPSA) is 0 Å². The van der Waals surface area contributed by atoms with Gasteiger partial charge in [0.25, 0.3) is 0 Å². The van der Waals surface area contributed by atoms with Gasteiger partial charge in [0, 0.05) is 9.85 Å². The molecule has 0 N–H and O–H groups in total. The Morgan fingerprint density at radius 2 is 2.16 bits per heavy atom. The van der Waals surface area contributed by atoms with E-state index in [2.05, 4.69) is 22.9 Å². The molecule has 0 nitrogen and oxygen atoms in total. The van der Waals surface area contributed by atoms with Gasteiger partial charge in [0.2, 0.25) is 0 Å². The lowest BCUT2D eigenvalue weighted by Gasteiger charge is -2.33. The van der Waals surface area contributed by atoms with Gasteiger partial charge in [-0.3, -0.25) is 0 Å². The van der Waals surface area contributed by atoms with Crippen molar-refractivity contribution in [3.05, 3.63) is 34.6 Å². The molecule has 1 aliphatic carbocycles. The molecule has 3 heteroatoms. The third-order valence-corrected chi connectivity index (χ3v) is 5.76. The van der Waals surface area contributed by atoms with E-state index in [4.69, 9.17) is 11.6 Å². The van der Waals surface area contributed by atoms with E-state index in [1.54, 1.807) is 12.1 Å². The summed E-state index contributed by atoms with van der Waals surface area (Å²) in [5, 5.41) is 0.693. The van der Waals surface area contributed by atoms with Crippen molar-refractivity contribution in [2.75, 3.05) is 0 Å². The molecule has 106 valence electrons. The first-order chi connectivity index (χ1) is 9.10. The third kappa shape index (κ3) is 4.19. The first-order valence-electron chi connectivity index (χ1n) is 7.18. The van der Waals surface area contributed by atoms with Crippen LogP contribution >= 0.6 is 27.5 Å². The quantitative estimate of drug-likeness (QED) is 0.586. The van der Waals surface area contributed by atoms with Crippen molar-refractivity contribution in [2.45, 2.75) is 50.3 Å². The molecule has 0 bridgehead atoms. The predicted octanol–water partition coefficient (Wildman–Crippen LogP) is 6.00. The Morgan fingerprint density at radius 3 is 2.89 bits per heavy atom. The van der Waals surface area contributed by atoms with Crippen molar-refractivity contribution >= 4 is 27.5 Å². The molecular weight excluding hydrogens is 327 g/mol. The minimum Gasteiger partial charge on any atom is -0.207 e. The van der Waals surface area contributed by atoms with E-state index in [0.29, 0.717) is 15.8 Å². The summed E-state index contributed by atoms with van der Waals surface area (Å²) in [6, 6.07) is 4.69. The summed E-state index contributed by atoms with van der Waals surface area (Å²) in [5.74, 6) is 1.21. The van der Waals surface area contributed by atoms with Crippen LogP contribution < -0.4 is 0 Å². The Bertz CT molecular complexity index is 421. The lowest BCUT2D eigenvalue weighted by molar-refractivity contribution is 0.263. The maximum Gasteiger partial charge on any atom is 0.123 e. The van der Waals surface area contributed by atoms with Gasteiger partial charge in [0.15, 0.2) is 0 Å². The molecule has 1 saturated carbocycles. The summed E-state index contributed by atoms with van der Waals surface area (Å²) in [5.41, 5.74) is 0.952. The Labute approximate surface area is 128 Å². The normalized spacial score (nSPS) is 27.5. The summed E-state index contributed by atoms with van der Waals surface area (Å²) < 4.78 is 13.3. The standard InChI is InChI=1S/C16H21BrClF/c1-2-3-11-4-6-15(17)12(8-11)9-13-10-14(19)5-7-16(13)18/h5,7,10-12,15H,2-4,6,8-9H2,1H3. The van der Waals surface area contributed by atoms with Gasteiger partial charge < -0.3 is 0 Å². The highest BCUT2D eigenvalue weighted by Gasteiger charge is 2.28. The molecule has 3 atom stereocenters. The van der Waals surface area contributed by atoms with Crippen LogP contribution in [0.5, 0.6) is 0 Å². The van der Waals surface area contributed by atoms with E-state index in [-0.39, 0.29) is 5.82 Å². The second kappa shape index (κ2) is 7.08. The van der Waals surface area contributed by atoms with Gasteiger partial charge >= 0.3 is 0 Å². The third-order valence-electron chi connectivity index (χ3n) is 4.19. The molecular formula is C16H21BrClF. The summed E-state index contributed by atoms with van der Waals surface area (Å²) >= 11 is 9.98. The molecule has 0 aromatic heterocycles. The number of benzene rings is 1. The van der Waals surface area contributed by atoms with Crippen LogP contribution in [-0.2, 0) is 6.42 Å². The molecule has 1 aliphatic rings. The average Bonchev–Trinajstić information content (AvgIpc) is 2.38. The Morgan fingerprint density at radius 1 is 1.37 bits per heavy atom. The number of hydrogen-bond donors (Lipinski definition) is 0. The molecule has 1 fully saturated rings. The summed E-state index contributed by atoms with van der Waals surface area (Å²) in [4.78, 5) is 0.542. The maximum atomic E-state index is 13.3. The Balaban J connectivity index is 2.05. The summed E-state index contributed by atoms with van der Waals surface area (Å²) in [6.45, 7) is 2.25. The highest BCUT2D eigenvalue weighted by molar-refractivity contribution is 9.09. The van der Waals surface area contributed by atoms with E-state index in [1.165, 1.54) is 38.2 Å². The zero-order chi connectivity index (χ0) is 13.8. The second-order valence-electron chi connectivity index (χ2n) is 5.68. The first kappa shape index (κ1) is 15.3. The molecule has 3 unspecified atom stereocenters. The zero-order valence-corrected chi connectivity index (χ0v) is 13.7. The van der Waals surface area contributed by atoms with Crippen LogP contribution in [0.2, 0.25) is 5.02 Å². The molecule has 19 heavy (non-hydrogen) atoms. The van der Waals surface area contributed by atoms with Gasteiger partial charge in [-0.2, -0.15) is 0 Å². The summed E-state index contributed by atoms with van der Waals surface area (Å²) in [7, 11) is 0. The van der Waals surface area contributed by atoms with E-state index >= 15 is 0 Å². The van der Waals surface area contributed by atoms with E-state index in [0.717, 1.165) is 17.9 Å². The number of alkyl halides is 1. The van der Waals surface area contributed by atoms with Crippen LogP contribution in [0.25, 0.3) is 0 Å². The van der Waals surface area contributed by atoms with Crippen LogP contribution in [0, 0.1) is 17.7 Å². The molecule has 0 saturated heterocycles. The van der Waals surface area contributed by atoms with Crippen LogP contribution in [0.4, 0.5) is 4.39 Å². The van der Waals surface area contributed by atoms with E-state index in [1.807, 2.05) is 0 Å². The predicted molar refractivity (Wildman–Crippen MR) is 83.6 cm³/mol. The van der Waals surface area contributed by atoms with Gasteiger partial charge in [-0.25, -0.2) is 4.39 Å². The van der Waals surface area contributed by atoms with Crippen molar-refractivity contribution < 1.29 is 4.39 Å². The van der Waals surface area contributed by atoms with Crippen LogP contribution in [0.3, 0.4) is 0 Å². The van der Waals surface area contributed by atoms with Gasteiger partial charge in [0.05, 0.1) is 0 Å². The summed E-state index contributed by atoms with van der Waals surface area (Å²) in [6.07, 6.45) is 7.22. The molecule has 2 rings (SSSR count). The fourth-order valence-electron chi connectivity index (χ4n) is 3.19. The minimum atomic E-state index is -0.188. The smallest absolute Gasteiger partial charge is 0.123 e. The molecule has 0 heterocycles. The number of rotatable bonds is 4. The average molecular weight is 348 g/mol. The lowest BCUT2D eigenvalue weighted by atomic mass is 9.77. The largest absolute Gasteiger partial charge is 0.207 e. The molecule has 0 aliphatic heterocycles. The molecule has 1 aromatic carbocycles. The van der Waals surface area contributed by atoms with Gasteiger partial charge in [-0.1, -0.05) is 47.3 Å². The van der Waals surface area contributed by atoms with Crippen molar-refractivity contribution in [2.24, 2.45) is 11.8 Å². The fourth-order valence-corrected chi connectivity index (χ4v) is 4.05. The van der Waals surface area contributed by atoms with Crippen molar-refractivity contribution in [3.8, 4) is 0 Å². The Hall–Kier alpha value is -0.0800. The monoisotopic (exact) mass is 346 g/mol. The zero-order valence-electron chi connectivity index (χ0n) is 11.3.